The molecule has 0 spiro atoms. The van der Waals surface area contributed by atoms with Crippen LogP contribution in [0.5, 0.6) is 0 Å². The molecule has 1 aliphatic heterocycles. The van der Waals surface area contributed by atoms with Crippen LogP contribution in [-0.2, 0) is 13.5 Å². The van der Waals surface area contributed by atoms with Crippen molar-refractivity contribution in [2.45, 2.75) is 39.2 Å². The van der Waals surface area contributed by atoms with Gasteiger partial charge in [0.25, 0.3) is 0 Å². The number of hydrogen-bond donors (Lipinski definition) is 1. The highest BCUT2D eigenvalue weighted by Crippen LogP contribution is 2.32. The van der Waals surface area contributed by atoms with Crippen molar-refractivity contribution in [1.82, 2.24) is 15.1 Å². The summed E-state index contributed by atoms with van der Waals surface area (Å²) in [6, 6.07) is 0.479. The zero-order valence-corrected chi connectivity index (χ0v) is 11.8. The van der Waals surface area contributed by atoms with Crippen LogP contribution in [0.1, 0.15) is 44.1 Å². The molecule has 0 bridgehead atoms. The van der Waals surface area contributed by atoms with Crippen LogP contribution in [0.3, 0.4) is 0 Å². The lowest BCUT2D eigenvalue weighted by molar-refractivity contribution is 0.567. The quantitative estimate of drug-likeness (QED) is 0.926. The van der Waals surface area contributed by atoms with Gasteiger partial charge in [-0.3, -0.25) is 4.68 Å². The van der Waals surface area contributed by atoms with Crippen LogP contribution in [0, 0.1) is 5.92 Å². The maximum absolute atomic E-state index is 4.62. The van der Waals surface area contributed by atoms with Gasteiger partial charge in [0.2, 0.25) is 0 Å². The fourth-order valence-electron chi connectivity index (χ4n) is 2.38. The molecule has 0 radical (unpaired) electrons. The summed E-state index contributed by atoms with van der Waals surface area (Å²) in [7, 11) is 2.05. The third kappa shape index (κ3) is 2.33. The predicted molar refractivity (Wildman–Crippen MR) is 69.4 cm³/mol. The number of aromatic nitrogens is 2. The highest BCUT2D eigenvalue weighted by atomic mass is 79.9. The van der Waals surface area contributed by atoms with Gasteiger partial charge in [-0.05, 0) is 47.7 Å². The van der Waals surface area contributed by atoms with Crippen molar-refractivity contribution in [2.24, 2.45) is 13.0 Å². The van der Waals surface area contributed by atoms with Gasteiger partial charge < -0.3 is 5.32 Å². The average Bonchev–Trinajstić information content (AvgIpc) is 2.76. The summed E-state index contributed by atoms with van der Waals surface area (Å²) in [5.74, 6) is 0.649. The fraction of sp³-hybridized carbons (Fsp3) is 0.750. The molecular formula is C12H20BrN3. The molecular weight excluding hydrogens is 266 g/mol. The van der Waals surface area contributed by atoms with Gasteiger partial charge in [-0.15, -0.1) is 0 Å². The first kappa shape index (κ1) is 12.1. The normalized spacial score (nSPS) is 20.9. The van der Waals surface area contributed by atoms with Gasteiger partial charge in [0.1, 0.15) is 0 Å². The molecule has 0 aliphatic carbocycles. The molecule has 4 heteroatoms. The summed E-state index contributed by atoms with van der Waals surface area (Å²) in [6.45, 7) is 5.59. The van der Waals surface area contributed by atoms with Crippen LogP contribution in [0.4, 0.5) is 0 Å². The second kappa shape index (κ2) is 4.88. The van der Waals surface area contributed by atoms with E-state index in [1.54, 1.807) is 0 Å². The highest BCUT2D eigenvalue weighted by Gasteiger charge is 2.24. The van der Waals surface area contributed by atoms with E-state index in [2.05, 4.69) is 40.2 Å². The van der Waals surface area contributed by atoms with Crippen molar-refractivity contribution in [3.05, 3.63) is 15.9 Å². The van der Waals surface area contributed by atoms with Crippen LogP contribution in [0.2, 0.25) is 0 Å². The van der Waals surface area contributed by atoms with Gasteiger partial charge in [0.05, 0.1) is 21.9 Å². The Morgan fingerprint density at radius 1 is 1.56 bits per heavy atom. The fourth-order valence-corrected chi connectivity index (χ4v) is 3.16. The molecule has 2 rings (SSSR count). The molecule has 1 aromatic rings. The van der Waals surface area contributed by atoms with E-state index in [1.807, 2.05) is 11.7 Å². The number of halogens is 1. The van der Waals surface area contributed by atoms with Gasteiger partial charge in [0.15, 0.2) is 0 Å². The number of nitrogens with one attached hydrogen (secondary N) is 1. The summed E-state index contributed by atoms with van der Waals surface area (Å²) in [6.07, 6.45) is 3.53. The molecule has 0 saturated carbocycles. The molecule has 0 amide bonds. The van der Waals surface area contributed by atoms with E-state index in [0.717, 1.165) is 13.0 Å². The van der Waals surface area contributed by atoms with Crippen LogP contribution in [-0.4, -0.2) is 16.3 Å². The Bertz CT molecular complexity index is 365. The molecule has 16 heavy (non-hydrogen) atoms. The van der Waals surface area contributed by atoms with Gasteiger partial charge in [-0.2, -0.15) is 5.10 Å². The van der Waals surface area contributed by atoms with E-state index in [-0.39, 0.29) is 0 Å². The number of nitrogens with zero attached hydrogens (tertiary/aromatic N) is 2. The van der Waals surface area contributed by atoms with E-state index >= 15 is 0 Å². The molecule has 1 N–H and O–H groups in total. The van der Waals surface area contributed by atoms with Crippen molar-refractivity contribution < 1.29 is 0 Å². The first-order valence-corrected chi connectivity index (χ1v) is 6.83. The summed E-state index contributed by atoms with van der Waals surface area (Å²) in [5.41, 5.74) is 2.51. The van der Waals surface area contributed by atoms with Gasteiger partial charge >= 0.3 is 0 Å². The van der Waals surface area contributed by atoms with Crippen molar-refractivity contribution in [1.29, 1.82) is 0 Å². The average molecular weight is 286 g/mol. The monoisotopic (exact) mass is 285 g/mol. The van der Waals surface area contributed by atoms with Crippen LogP contribution in [0.25, 0.3) is 0 Å². The minimum absolute atomic E-state index is 0.479. The third-order valence-corrected chi connectivity index (χ3v) is 3.95. The first-order chi connectivity index (χ1) is 7.59. The van der Waals surface area contributed by atoms with E-state index in [1.165, 1.54) is 28.7 Å². The molecule has 3 nitrogen and oxygen atoms in total. The zero-order chi connectivity index (χ0) is 11.7. The lowest BCUT2D eigenvalue weighted by atomic mass is 10.1. The summed E-state index contributed by atoms with van der Waals surface area (Å²) >= 11 is 3.72. The van der Waals surface area contributed by atoms with Crippen molar-refractivity contribution >= 4 is 15.9 Å². The molecule has 0 aromatic carbocycles. The van der Waals surface area contributed by atoms with E-state index in [0.29, 0.717) is 12.0 Å². The Morgan fingerprint density at radius 3 is 2.88 bits per heavy atom. The standard InChI is InChI=1S/C12H20BrN3/c1-8(2)7-10-11(13)12(16(3)15-10)9-5-4-6-14-9/h8-9,14H,4-7H2,1-3H3. The summed E-state index contributed by atoms with van der Waals surface area (Å²) in [5, 5.41) is 8.16. The molecule has 1 aromatic heterocycles. The van der Waals surface area contributed by atoms with Crippen LogP contribution in [0.15, 0.2) is 4.47 Å². The SMILES string of the molecule is CC(C)Cc1nn(C)c(C2CCCN2)c1Br. The molecule has 1 saturated heterocycles. The van der Waals surface area contributed by atoms with Crippen LogP contribution >= 0.6 is 15.9 Å². The van der Waals surface area contributed by atoms with E-state index in [4.69, 9.17) is 0 Å². The Labute approximate surface area is 106 Å². The Balaban J connectivity index is 2.27. The Hall–Kier alpha value is -0.350. The maximum Gasteiger partial charge on any atom is 0.0772 e. The lowest BCUT2D eigenvalue weighted by Gasteiger charge is -2.11. The second-order valence-corrected chi connectivity index (χ2v) is 5.81. The predicted octanol–water partition coefficient (Wildman–Crippen LogP) is 2.81. The minimum Gasteiger partial charge on any atom is -0.309 e. The zero-order valence-electron chi connectivity index (χ0n) is 10.3. The van der Waals surface area contributed by atoms with Crippen molar-refractivity contribution in [3.63, 3.8) is 0 Å². The third-order valence-electron chi connectivity index (χ3n) is 3.09. The van der Waals surface area contributed by atoms with Gasteiger partial charge in [0, 0.05) is 7.05 Å². The second-order valence-electron chi connectivity index (χ2n) is 5.02. The lowest BCUT2D eigenvalue weighted by Crippen LogP contribution is -2.16. The Kier molecular flexibility index (Phi) is 3.70. The van der Waals surface area contributed by atoms with Crippen LogP contribution < -0.4 is 5.32 Å². The number of hydrogen-bond acceptors (Lipinski definition) is 2. The minimum atomic E-state index is 0.479. The smallest absolute Gasteiger partial charge is 0.0772 e. The summed E-state index contributed by atoms with van der Waals surface area (Å²) < 4.78 is 3.24. The van der Waals surface area contributed by atoms with E-state index < -0.39 is 0 Å². The molecule has 90 valence electrons. The van der Waals surface area contributed by atoms with Crippen molar-refractivity contribution in [3.8, 4) is 0 Å². The molecule has 1 atom stereocenters. The molecule has 1 fully saturated rings. The molecule has 1 aliphatic rings. The first-order valence-electron chi connectivity index (χ1n) is 6.04. The van der Waals surface area contributed by atoms with E-state index in [9.17, 15) is 0 Å². The highest BCUT2D eigenvalue weighted by molar-refractivity contribution is 9.10. The topological polar surface area (TPSA) is 29.9 Å². The van der Waals surface area contributed by atoms with Gasteiger partial charge in [-0.1, -0.05) is 13.8 Å². The molecule has 2 heterocycles. The maximum atomic E-state index is 4.62. The van der Waals surface area contributed by atoms with Crippen molar-refractivity contribution in [2.75, 3.05) is 6.54 Å². The number of aryl methyl sites for hydroxylation is 1. The Morgan fingerprint density at radius 2 is 2.31 bits per heavy atom. The number of rotatable bonds is 3. The van der Waals surface area contributed by atoms with Gasteiger partial charge in [-0.25, -0.2) is 0 Å². The molecule has 1 unspecified atom stereocenters. The largest absolute Gasteiger partial charge is 0.309 e. The summed E-state index contributed by atoms with van der Waals surface area (Å²) in [4.78, 5) is 0.